The molecule has 2 aliphatic heterocycles. The van der Waals surface area contributed by atoms with Crippen molar-refractivity contribution in [1.29, 1.82) is 0 Å². The predicted octanol–water partition coefficient (Wildman–Crippen LogP) is 2.86. The van der Waals surface area contributed by atoms with Crippen LogP contribution in [0.4, 0.5) is 37.7 Å². The molecule has 18 heteroatoms. The third-order valence-corrected chi connectivity index (χ3v) is 7.43. The van der Waals surface area contributed by atoms with Gasteiger partial charge in [0, 0.05) is 49.2 Å². The van der Waals surface area contributed by atoms with Gasteiger partial charge in [0.15, 0.2) is 5.69 Å². The summed E-state index contributed by atoms with van der Waals surface area (Å²) in [5.74, 6) is -4.37. The van der Waals surface area contributed by atoms with Crippen molar-refractivity contribution in [3.63, 3.8) is 0 Å². The van der Waals surface area contributed by atoms with Crippen LogP contribution in [0.5, 0.6) is 0 Å². The second-order valence-corrected chi connectivity index (χ2v) is 10.7. The summed E-state index contributed by atoms with van der Waals surface area (Å²) in [6.07, 6.45) is -9.77. The molecule has 12 nitrogen and oxygen atoms in total. The number of likely N-dealkylation sites (N-methyl/N-ethyl adjacent to an activating group) is 1. The molecular weight excluding hydrogens is 642 g/mol. The van der Waals surface area contributed by atoms with Crippen molar-refractivity contribution in [2.75, 3.05) is 43.0 Å². The Kier molecular flexibility index (Phi) is 9.95. The Morgan fingerprint density at radius 3 is 2.19 bits per heavy atom. The summed E-state index contributed by atoms with van der Waals surface area (Å²) >= 11 is 0. The van der Waals surface area contributed by atoms with E-state index < -0.39 is 41.9 Å². The van der Waals surface area contributed by atoms with Crippen LogP contribution in [0.3, 0.4) is 0 Å². The maximum absolute atomic E-state index is 13.9. The van der Waals surface area contributed by atoms with Gasteiger partial charge in [-0.25, -0.2) is 9.48 Å². The zero-order chi connectivity index (χ0) is 34.8. The highest BCUT2D eigenvalue weighted by Gasteiger charge is 2.43. The van der Waals surface area contributed by atoms with Gasteiger partial charge in [-0.05, 0) is 55.3 Å². The number of nitrogens with two attached hydrogens (primary N) is 1. The number of halogens is 6. The van der Waals surface area contributed by atoms with E-state index in [4.69, 9.17) is 15.6 Å². The highest BCUT2D eigenvalue weighted by molar-refractivity contribution is 6.08. The van der Waals surface area contributed by atoms with E-state index in [0.29, 0.717) is 30.9 Å². The number of anilines is 2. The maximum Gasteiger partial charge on any atom is 0.490 e. The number of aliphatic hydroxyl groups is 1. The summed E-state index contributed by atoms with van der Waals surface area (Å²) < 4.78 is 74.3. The third-order valence-electron chi connectivity index (χ3n) is 7.43. The molecule has 5 rings (SSSR count). The summed E-state index contributed by atoms with van der Waals surface area (Å²) in [4.78, 5) is 51.6. The number of carboxylic acid groups (broad SMARTS) is 1. The van der Waals surface area contributed by atoms with Gasteiger partial charge in [0.25, 0.3) is 5.91 Å². The first-order valence-electron chi connectivity index (χ1n) is 13.9. The smallest absolute Gasteiger partial charge is 0.475 e. The number of hydrogen-bond acceptors (Lipinski definition) is 7. The quantitative estimate of drug-likeness (QED) is 0.338. The number of hydrogen-bond donors (Lipinski definition) is 3. The monoisotopic (exact) mass is 670 g/mol. The topological polar surface area (TPSA) is 162 Å². The van der Waals surface area contributed by atoms with E-state index in [1.54, 1.807) is 31.3 Å². The Labute approximate surface area is 262 Å². The number of rotatable bonds is 6. The van der Waals surface area contributed by atoms with Gasteiger partial charge in [-0.2, -0.15) is 31.4 Å². The van der Waals surface area contributed by atoms with Crippen LogP contribution in [0, 0.1) is 0 Å². The third kappa shape index (κ3) is 7.89. The van der Waals surface area contributed by atoms with Crippen LogP contribution in [0.1, 0.15) is 38.5 Å². The van der Waals surface area contributed by atoms with Gasteiger partial charge in [-0.15, -0.1) is 0 Å². The number of benzene rings is 2. The molecule has 0 aliphatic carbocycles. The van der Waals surface area contributed by atoms with Crippen molar-refractivity contribution in [3.8, 4) is 5.69 Å². The summed E-state index contributed by atoms with van der Waals surface area (Å²) in [6.45, 7) is 1.23. The van der Waals surface area contributed by atoms with E-state index in [1.165, 1.54) is 34.1 Å². The number of nitrogens with zero attached hydrogens (tertiary/aromatic N) is 5. The molecule has 47 heavy (non-hydrogen) atoms. The molecule has 1 atom stereocenters. The van der Waals surface area contributed by atoms with Gasteiger partial charge in [0.2, 0.25) is 11.8 Å². The highest BCUT2D eigenvalue weighted by Crippen LogP contribution is 2.37. The average molecular weight is 671 g/mol. The molecule has 0 saturated carbocycles. The number of carboxylic acids is 1. The average Bonchev–Trinajstić information content (AvgIpc) is 3.61. The van der Waals surface area contributed by atoms with Crippen LogP contribution in [0.15, 0.2) is 48.5 Å². The SMILES string of the molecule is CN(C(=O)CN1CCC(O)C1)c1ccc(N2CCc3c(C(F)(F)F)nn(-c4cccc(C(N)=O)c4)c3C2=O)cc1.O=C(O)C(F)(F)F. The Morgan fingerprint density at radius 1 is 1.02 bits per heavy atom. The number of aromatic nitrogens is 2. The Morgan fingerprint density at radius 2 is 1.66 bits per heavy atom. The number of fused-ring (bicyclic) bond motifs is 1. The molecule has 1 aromatic heterocycles. The molecule has 3 heterocycles. The lowest BCUT2D eigenvalue weighted by Crippen LogP contribution is -2.39. The second kappa shape index (κ2) is 13.4. The normalized spacial score (nSPS) is 16.7. The second-order valence-electron chi connectivity index (χ2n) is 10.7. The van der Waals surface area contributed by atoms with Crippen molar-refractivity contribution < 1.29 is 55.7 Å². The molecule has 3 aromatic rings. The van der Waals surface area contributed by atoms with Gasteiger partial charge in [0.1, 0.15) is 5.69 Å². The van der Waals surface area contributed by atoms with Crippen molar-refractivity contribution in [2.24, 2.45) is 5.73 Å². The number of amides is 3. The number of carbonyl (C=O) groups excluding carboxylic acids is 3. The first kappa shape index (κ1) is 34.9. The highest BCUT2D eigenvalue weighted by atomic mass is 19.4. The van der Waals surface area contributed by atoms with Crippen molar-refractivity contribution in [1.82, 2.24) is 14.7 Å². The molecule has 0 bridgehead atoms. The number of primary amides is 1. The van der Waals surface area contributed by atoms with Crippen LogP contribution >= 0.6 is 0 Å². The summed E-state index contributed by atoms with van der Waals surface area (Å²) in [5, 5.41) is 20.6. The van der Waals surface area contributed by atoms with Crippen LogP contribution in [0.25, 0.3) is 5.69 Å². The molecule has 2 aliphatic rings. The van der Waals surface area contributed by atoms with Gasteiger partial charge < -0.3 is 25.7 Å². The Bertz CT molecular complexity index is 1670. The van der Waals surface area contributed by atoms with E-state index in [9.17, 15) is 45.8 Å². The zero-order valence-corrected chi connectivity index (χ0v) is 24.5. The molecule has 4 N–H and O–H groups in total. The maximum atomic E-state index is 13.9. The molecule has 252 valence electrons. The van der Waals surface area contributed by atoms with Gasteiger partial charge >= 0.3 is 18.3 Å². The summed E-state index contributed by atoms with van der Waals surface area (Å²) in [7, 11) is 1.62. The number of aliphatic hydroxyl groups excluding tert-OH is 1. The number of carbonyl (C=O) groups is 4. The number of likely N-dealkylation sites (tertiary alicyclic amines) is 1. The first-order chi connectivity index (χ1) is 21.9. The fourth-order valence-electron chi connectivity index (χ4n) is 5.07. The molecule has 3 amide bonds. The molecule has 2 aromatic carbocycles. The number of aliphatic carboxylic acids is 1. The van der Waals surface area contributed by atoms with E-state index in [0.717, 1.165) is 4.68 Å². The van der Waals surface area contributed by atoms with E-state index in [1.807, 2.05) is 4.90 Å². The van der Waals surface area contributed by atoms with E-state index in [-0.39, 0.29) is 47.9 Å². The van der Waals surface area contributed by atoms with Gasteiger partial charge in [-0.1, -0.05) is 6.07 Å². The molecule has 1 unspecified atom stereocenters. The first-order valence-corrected chi connectivity index (χ1v) is 13.9. The molecule has 1 saturated heterocycles. The minimum atomic E-state index is -5.08. The summed E-state index contributed by atoms with van der Waals surface area (Å²) in [6, 6.07) is 12.2. The minimum absolute atomic E-state index is 0.00661. The summed E-state index contributed by atoms with van der Waals surface area (Å²) in [5.41, 5.74) is 4.89. The van der Waals surface area contributed by atoms with Crippen molar-refractivity contribution in [3.05, 3.63) is 71.0 Å². The van der Waals surface area contributed by atoms with Crippen LogP contribution in [0.2, 0.25) is 0 Å². The predicted molar refractivity (Wildman–Crippen MR) is 153 cm³/mol. The largest absolute Gasteiger partial charge is 0.490 e. The lowest BCUT2D eigenvalue weighted by molar-refractivity contribution is -0.192. The minimum Gasteiger partial charge on any atom is -0.475 e. The Hall–Kier alpha value is -4.97. The van der Waals surface area contributed by atoms with E-state index in [2.05, 4.69) is 5.10 Å². The molecule has 1 fully saturated rings. The lowest BCUT2D eigenvalue weighted by atomic mass is 10.0. The number of alkyl halides is 6. The van der Waals surface area contributed by atoms with Gasteiger partial charge in [-0.3, -0.25) is 19.3 Å². The van der Waals surface area contributed by atoms with Crippen molar-refractivity contribution in [2.45, 2.75) is 31.3 Å². The lowest BCUT2D eigenvalue weighted by Gasteiger charge is -2.28. The fraction of sp³-hybridized carbons (Fsp3) is 0.345. The molecular formula is C29H28F6N6O6. The van der Waals surface area contributed by atoms with Crippen molar-refractivity contribution >= 4 is 35.1 Å². The Balaban J connectivity index is 0.000000644. The zero-order valence-electron chi connectivity index (χ0n) is 24.5. The number of β-amino-alcohol motifs (C(OH)–C–C–N with tert-alkyl or cyclic N) is 1. The van der Waals surface area contributed by atoms with Crippen LogP contribution in [-0.4, -0.2) is 94.1 Å². The van der Waals surface area contributed by atoms with Gasteiger partial charge in [0.05, 0.1) is 18.3 Å². The molecule has 0 spiro atoms. The van der Waals surface area contributed by atoms with Crippen LogP contribution in [-0.2, 0) is 22.2 Å². The standard InChI is InChI=1S/C27H27F3N6O4.C2HF3O2/c1-33(22(38)15-34-11-9-20(37)14-34)17-5-7-18(8-6-17)35-12-10-21-23(26(35)40)36(32-24(21)27(28,29)30)19-4-2-3-16(13-19)25(31)39;3-2(4,5)1(6)7/h2-8,13,20,37H,9-12,14-15H2,1H3,(H2,31,39);(H,6,7). The van der Waals surface area contributed by atoms with Crippen LogP contribution < -0.4 is 15.5 Å². The van der Waals surface area contributed by atoms with E-state index >= 15 is 0 Å². The fourth-order valence-corrected chi connectivity index (χ4v) is 5.07. The molecule has 0 radical (unpaired) electrons.